The van der Waals surface area contributed by atoms with E-state index in [1.54, 1.807) is 0 Å². The number of fused-ring (bicyclic) bond motifs is 1. The molecule has 2 aliphatic rings. The van der Waals surface area contributed by atoms with Crippen molar-refractivity contribution in [2.45, 2.75) is 53.0 Å². The van der Waals surface area contributed by atoms with Gasteiger partial charge in [0.1, 0.15) is 11.5 Å². The number of hydrogen-bond acceptors (Lipinski definition) is 2. The van der Waals surface area contributed by atoms with Crippen molar-refractivity contribution in [3.8, 4) is 0 Å². The molecule has 3 rings (SSSR count). The Hall–Kier alpha value is -1.45. The highest BCUT2D eigenvalue weighted by molar-refractivity contribution is 5.75. The van der Waals surface area contributed by atoms with Gasteiger partial charge in [0.2, 0.25) is 0 Å². The zero-order valence-electron chi connectivity index (χ0n) is 13.5. The molecular formula is C17H26N2O2. The lowest BCUT2D eigenvalue weighted by Crippen LogP contribution is -2.43. The van der Waals surface area contributed by atoms with Crippen molar-refractivity contribution in [1.29, 1.82) is 0 Å². The van der Waals surface area contributed by atoms with Crippen LogP contribution in [0.2, 0.25) is 0 Å². The molecule has 1 aliphatic heterocycles. The van der Waals surface area contributed by atoms with Gasteiger partial charge in [-0.3, -0.25) is 0 Å². The molecule has 21 heavy (non-hydrogen) atoms. The van der Waals surface area contributed by atoms with Gasteiger partial charge in [-0.25, -0.2) is 4.79 Å². The molecule has 2 unspecified atom stereocenters. The summed E-state index contributed by atoms with van der Waals surface area (Å²) in [4.78, 5) is 14.4. The van der Waals surface area contributed by atoms with Crippen LogP contribution in [-0.2, 0) is 6.42 Å². The molecule has 116 valence electrons. The van der Waals surface area contributed by atoms with Crippen LogP contribution in [0.15, 0.2) is 10.5 Å². The molecule has 0 spiro atoms. The van der Waals surface area contributed by atoms with Crippen molar-refractivity contribution in [3.63, 3.8) is 0 Å². The van der Waals surface area contributed by atoms with Crippen molar-refractivity contribution in [2.24, 2.45) is 11.3 Å². The molecule has 1 aliphatic carbocycles. The van der Waals surface area contributed by atoms with Crippen LogP contribution in [0.25, 0.3) is 0 Å². The number of aryl methyl sites for hydroxylation is 1. The van der Waals surface area contributed by atoms with E-state index in [4.69, 9.17) is 4.42 Å². The third kappa shape index (κ3) is 2.94. The molecule has 1 aromatic heterocycles. The van der Waals surface area contributed by atoms with Crippen LogP contribution in [0.4, 0.5) is 4.79 Å². The van der Waals surface area contributed by atoms with Crippen LogP contribution < -0.4 is 5.32 Å². The van der Waals surface area contributed by atoms with Crippen molar-refractivity contribution < 1.29 is 9.21 Å². The molecule has 0 aromatic carbocycles. The second kappa shape index (κ2) is 5.08. The predicted molar refractivity (Wildman–Crippen MR) is 82.2 cm³/mol. The first kappa shape index (κ1) is 14.5. The van der Waals surface area contributed by atoms with Gasteiger partial charge in [0.25, 0.3) is 0 Å². The molecule has 1 fully saturated rings. The topological polar surface area (TPSA) is 45.5 Å². The van der Waals surface area contributed by atoms with E-state index in [1.807, 2.05) is 11.8 Å². The van der Waals surface area contributed by atoms with Crippen LogP contribution >= 0.6 is 0 Å². The highest BCUT2D eigenvalue weighted by Crippen LogP contribution is 2.42. The SMILES string of the molecule is Cc1cc2c(o1)CC(C)(C)CC2NC(=O)N1CCC(C)C1. The molecule has 0 saturated carbocycles. The van der Waals surface area contributed by atoms with Gasteiger partial charge >= 0.3 is 6.03 Å². The van der Waals surface area contributed by atoms with Gasteiger partial charge in [0.05, 0.1) is 6.04 Å². The van der Waals surface area contributed by atoms with E-state index >= 15 is 0 Å². The van der Waals surface area contributed by atoms with E-state index in [0.717, 1.165) is 43.9 Å². The minimum absolute atomic E-state index is 0.0737. The van der Waals surface area contributed by atoms with Crippen molar-refractivity contribution >= 4 is 6.03 Å². The molecule has 1 aromatic rings. The third-order valence-electron chi connectivity index (χ3n) is 4.74. The van der Waals surface area contributed by atoms with E-state index in [9.17, 15) is 4.79 Å². The largest absolute Gasteiger partial charge is 0.466 e. The number of urea groups is 1. The second-order valence-electron chi connectivity index (χ2n) is 7.62. The maximum atomic E-state index is 12.5. The lowest BCUT2D eigenvalue weighted by molar-refractivity contribution is 0.189. The molecular weight excluding hydrogens is 264 g/mol. The highest BCUT2D eigenvalue weighted by atomic mass is 16.3. The van der Waals surface area contributed by atoms with Gasteiger partial charge in [0.15, 0.2) is 0 Å². The summed E-state index contributed by atoms with van der Waals surface area (Å²) in [5.74, 6) is 2.60. The lowest BCUT2D eigenvalue weighted by atomic mass is 9.75. The van der Waals surface area contributed by atoms with Gasteiger partial charge in [-0.15, -0.1) is 0 Å². The van der Waals surface area contributed by atoms with Gasteiger partial charge in [-0.05, 0) is 37.2 Å². The Balaban J connectivity index is 1.76. The van der Waals surface area contributed by atoms with Crippen LogP contribution in [0.3, 0.4) is 0 Å². The van der Waals surface area contributed by atoms with Gasteiger partial charge in [0, 0.05) is 25.1 Å². The van der Waals surface area contributed by atoms with Crippen molar-refractivity contribution in [2.75, 3.05) is 13.1 Å². The summed E-state index contributed by atoms with van der Waals surface area (Å²) in [5, 5.41) is 3.23. The number of nitrogens with zero attached hydrogens (tertiary/aromatic N) is 1. The smallest absolute Gasteiger partial charge is 0.317 e. The van der Waals surface area contributed by atoms with Gasteiger partial charge < -0.3 is 14.6 Å². The number of nitrogens with one attached hydrogen (secondary N) is 1. The summed E-state index contributed by atoms with van der Waals surface area (Å²) >= 11 is 0. The van der Waals surface area contributed by atoms with E-state index in [0.29, 0.717) is 5.92 Å². The number of furan rings is 1. The number of rotatable bonds is 1. The Bertz CT molecular complexity index is 547. The van der Waals surface area contributed by atoms with Crippen LogP contribution in [-0.4, -0.2) is 24.0 Å². The number of hydrogen-bond donors (Lipinski definition) is 1. The van der Waals surface area contributed by atoms with E-state index in [1.165, 1.54) is 5.56 Å². The molecule has 2 atom stereocenters. The molecule has 2 amide bonds. The quantitative estimate of drug-likeness (QED) is 0.858. The normalized spacial score (nSPS) is 27.5. The molecule has 0 radical (unpaired) electrons. The lowest BCUT2D eigenvalue weighted by Gasteiger charge is -2.35. The summed E-state index contributed by atoms with van der Waals surface area (Å²) in [6, 6.07) is 2.23. The van der Waals surface area contributed by atoms with Crippen LogP contribution in [0, 0.1) is 18.3 Å². The number of likely N-dealkylation sites (tertiary alicyclic amines) is 1. The Morgan fingerprint density at radius 2 is 2.24 bits per heavy atom. The average molecular weight is 290 g/mol. The molecule has 4 heteroatoms. The first-order chi connectivity index (χ1) is 9.84. The number of amides is 2. The zero-order chi connectivity index (χ0) is 15.2. The maximum absolute atomic E-state index is 12.5. The summed E-state index contributed by atoms with van der Waals surface area (Å²) in [6.45, 7) is 10.4. The summed E-state index contributed by atoms with van der Waals surface area (Å²) in [7, 11) is 0. The van der Waals surface area contributed by atoms with Crippen molar-refractivity contribution in [3.05, 3.63) is 23.2 Å². The van der Waals surface area contributed by atoms with E-state index < -0.39 is 0 Å². The monoisotopic (exact) mass is 290 g/mol. The minimum atomic E-state index is 0.0737. The van der Waals surface area contributed by atoms with E-state index in [-0.39, 0.29) is 17.5 Å². The fourth-order valence-corrected chi connectivity index (χ4v) is 3.67. The Kier molecular flexibility index (Phi) is 3.50. The van der Waals surface area contributed by atoms with E-state index in [2.05, 4.69) is 32.2 Å². The summed E-state index contributed by atoms with van der Waals surface area (Å²) in [5.41, 5.74) is 1.33. The predicted octanol–water partition coefficient (Wildman–Crippen LogP) is 3.65. The van der Waals surface area contributed by atoms with Crippen LogP contribution in [0.5, 0.6) is 0 Å². The van der Waals surface area contributed by atoms with Gasteiger partial charge in [-0.1, -0.05) is 20.8 Å². The number of carbonyl (C=O) groups excluding carboxylic acids is 1. The molecule has 1 N–H and O–H groups in total. The fourth-order valence-electron chi connectivity index (χ4n) is 3.67. The Labute approximate surface area is 126 Å². The number of carbonyl (C=O) groups is 1. The van der Waals surface area contributed by atoms with Gasteiger partial charge in [-0.2, -0.15) is 0 Å². The molecule has 2 heterocycles. The minimum Gasteiger partial charge on any atom is -0.466 e. The van der Waals surface area contributed by atoms with Crippen molar-refractivity contribution in [1.82, 2.24) is 10.2 Å². The third-order valence-corrected chi connectivity index (χ3v) is 4.74. The highest BCUT2D eigenvalue weighted by Gasteiger charge is 2.36. The summed E-state index contributed by atoms with van der Waals surface area (Å²) < 4.78 is 5.83. The van der Waals surface area contributed by atoms with Crippen LogP contribution in [0.1, 0.15) is 56.7 Å². The average Bonchev–Trinajstić information content (AvgIpc) is 2.93. The first-order valence-electron chi connectivity index (χ1n) is 7.99. The second-order valence-corrected chi connectivity index (χ2v) is 7.62. The fraction of sp³-hybridized carbons (Fsp3) is 0.706. The standard InChI is InChI=1S/C17H26N2O2/c1-11-5-6-19(10-11)16(20)18-14-8-17(3,4)9-15-13(14)7-12(2)21-15/h7,11,14H,5-6,8-10H2,1-4H3,(H,18,20). The summed E-state index contributed by atoms with van der Waals surface area (Å²) in [6.07, 6.45) is 3.02. The maximum Gasteiger partial charge on any atom is 0.317 e. The molecule has 1 saturated heterocycles. The Morgan fingerprint density at radius 3 is 2.90 bits per heavy atom. The zero-order valence-corrected chi connectivity index (χ0v) is 13.5. The Morgan fingerprint density at radius 1 is 1.48 bits per heavy atom. The molecule has 0 bridgehead atoms. The first-order valence-corrected chi connectivity index (χ1v) is 7.99. The molecule has 4 nitrogen and oxygen atoms in total.